The number of hydrogen-bond donors (Lipinski definition) is 1. The van der Waals surface area contributed by atoms with Gasteiger partial charge < -0.3 is 19.7 Å². The van der Waals surface area contributed by atoms with Crippen LogP contribution in [0, 0.1) is 18.8 Å². The van der Waals surface area contributed by atoms with Crippen molar-refractivity contribution >= 4 is 33.9 Å². The van der Waals surface area contributed by atoms with Crippen molar-refractivity contribution in [1.82, 2.24) is 58.8 Å². The van der Waals surface area contributed by atoms with Gasteiger partial charge in [-0.25, -0.2) is 19.9 Å². The number of fused-ring (bicyclic) bond motifs is 2. The number of hydrogen-bond acceptors (Lipinski definition) is 10. The highest BCUT2D eigenvalue weighted by molar-refractivity contribution is 5.86. The summed E-state index contributed by atoms with van der Waals surface area (Å²) in [5, 5.41) is 11.6. The lowest BCUT2D eigenvalue weighted by Gasteiger charge is -2.26. The molecule has 16 nitrogen and oxygen atoms in total. The Bertz CT molecular complexity index is 2970. The maximum Gasteiger partial charge on any atom is 0.320 e. The number of imidazole rings is 2. The van der Waals surface area contributed by atoms with Gasteiger partial charge in [0.2, 0.25) is 23.6 Å². The van der Waals surface area contributed by atoms with Gasteiger partial charge in [-0.15, -0.1) is 0 Å². The van der Waals surface area contributed by atoms with Crippen molar-refractivity contribution in [3.05, 3.63) is 85.0 Å². The molecule has 9 rings (SSSR count). The molecule has 2 aliphatic heterocycles. The van der Waals surface area contributed by atoms with Crippen LogP contribution < -0.4 is 14.8 Å². The fraction of sp³-hybridized carbons (Fsp3) is 0.469. The SMILES string of the molecule is C[C@@H](Oc1nc(-c2cnn(C(C)(C)C)c2)cc2ncn(C(F)F)c12)[C@H]1CNC(=O)C1.Cc1ccc([C@@H](C)N2C[C@H]([C@@H](C)Oc3nc(-c4cnn(C(C)(C)C)c4)cc4ncn(C(F)F)c34)CC2=O)cc1. The predicted octanol–water partition coefficient (Wildman–Crippen LogP) is 9.48. The van der Waals surface area contributed by atoms with E-state index in [9.17, 15) is 27.2 Å². The van der Waals surface area contributed by atoms with Crippen LogP contribution in [0.1, 0.15) is 105 Å². The van der Waals surface area contributed by atoms with Crippen molar-refractivity contribution in [2.45, 2.75) is 125 Å². The zero-order valence-corrected chi connectivity index (χ0v) is 40.4. The minimum Gasteiger partial charge on any atom is -0.473 e. The molecule has 7 aromatic rings. The minimum atomic E-state index is -2.80. The van der Waals surface area contributed by atoms with E-state index in [0.29, 0.717) is 48.4 Å². The summed E-state index contributed by atoms with van der Waals surface area (Å²) >= 11 is 0. The lowest BCUT2D eigenvalue weighted by atomic mass is 10.0. The van der Waals surface area contributed by atoms with Crippen molar-refractivity contribution in [3.63, 3.8) is 0 Å². The van der Waals surface area contributed by atoms with Crippen LogP contribution in [-0.2, 0) is 20.7 Å². The number of benzene rings is 1. The molecule has 0 spiro atoms. The normalized spacial score (nSPS) is 18.0. The van der Waals surface area contributed by atoms with Gasteiger partial charge in [-0.1, -0.05) is 29.8 Å². The van der Waals surface area contributed by atoms with Crippen molar-refractivity contribution in [2.24, 2.45) is 11.8 Å². The maximum atomic E-state index is 13.9. The first-order valence-electron chi connectivity index (χ1n) is 22.9. The molecule has 2 saturated heterocycles. The van der Waals surface area contributed by atoms with E-state index < -0.39 is 25.3 Å². The second-order valence-corrected chi connectivity index (χ2v) is 19.9. The minimum absolute atomic E-state index is 0.0441. The highest BCUT2D eigenvalue weighted by atomic mass is 19.3. The van der Waals surface area contributed by atoms with E-state index >= 15 is 0 Å². The Kier molecular flexibility index (Phi) is 13.3. The summed E-state index contributed by atoms with van der Waals surface area (Å²) in [5.41, 5.74) is 5.24. The van der Waals surface area contributed by atoms with Crippen LogP contribution in [0.5, 0.6) is 11.8 Å². The number of likely N-dealkylation sites (tertiary alicyclic amines) is 1. The first-order chi connectivity index (χ1) is 32.5. The molecule has 2 amide bonds. The summed E-state index contributed by atoms with van der Waals surface area (Å²) in [7, 11) is 0. The number of amides is 2. The third-order valence-corrected chi connectivity index (χ3v) is 12.7. The predicted molar refractivity (Wildman–Crippen MR) is 251 cm³/mol. The van der Waals surface area contributed by atoms with E-state index in [-0.39, 0.29) is 63.6 Å². The van der Waals surface area contributed by atoms with Crippen molar-refractivity contribution in [3.8, 4) is 34.3 Å². The standard InChI is InChI=1S/C29H34F2N6O2.C20H24F2N6O2/c1-17-7-9-20(10-8-17)18(2)35-14-21(11-25(35)38)19(3)39-27-26-24(32-16-36(26)28(30)31)12-23(34-27)22-13-33-37(15-22)29(4,5)6;1-11(12-5-16(29)23-7-12)30-18-17-15(24-10-27(17)19(21)22)6-14(26-18)13-8-25-28(9-13)20(2,3)4/h7-10,12-13,15-16,18-19,21,28H,11,14H2,1-6H3;6,8-12,19H,5,7H2,1-4H3,(H,23,29)/t18-,19-,21-;11-,12-/m11/s1. The topological polar surface area (TPSA) is 165 Å². The molecular weight excluding hydrogens is 897 g/mol. The Morgan fingerprint density at radius 2 is 1.17 bits per heavy atom. The Morgan fingerprint density at radius 1 is 0.696 bits per heavy atom. The van der Waals surface area contributed by atoms with Crippen molar-refractivity contribution < 1.29 is 36.6 Å². The van der Waals surface area contributed by atoms with Gasteiger partial charge in [0.05, 0.1) is 51.9 Å². The molecule has 0 saturated carbocycles. The summed E-state index contributed by atoms with van der Waals surface area (Å²) in [6.07, 6.45) is 9.06. The number of halogens is 4. The molecule has 6 aromatic heterocycles. The molecule has 5 atom stereocenters. The number of aryl methyl sites for hydroxylation is 1. The second-order valence-electron chi connectivity index (χ2n) is 19.9. The van der Waals surface area contributed by atoms with Crippen LogP contribution in [0.3, 0.4) is 0 Å². The van der Waals surface area contributed by atoms with Crippen LogP contribution in [0.4, 0.5) is 17.6 Å². The Morgan fingerprint density at radius 3 is 1.59 bits per heavy atom. The molecule has 1 aromatic carbocycles. The average Bonchev–Trinajstić information content (AvgIpc) is 4.14. The average molecular weight is 955 g/mol. The molecule has 366 valence electrons. The molecular formula is C49H58F4N12O4. The third kappa shape index (κ3) is 10.3. The fourth-order valence-corrected chi connectivity index (χ4v) is 8.43. The smallest absolute Gasteiger partial charge is 0.320 e. The number of rotatable bonds is 12. The molecule has 0 aliphatic carbocycles. The number of pyridine rings is 2. The Balaban J connectivity index is 0.000000192. The number of aromatic nitrogens is 10. The number of carbonyl (C=O) groups excluding carboxylic acids is 2. The molecule has 20 heteroatoms. The first kappa shape index (κ1) is 48.6. The van der Waals surface area contributed by atoms with Crippen LogP contribution in [0.15, 0.2) is 73.8 Å². The number of ether oxygens (including phenoxy) is 2. The zero-order chi connectivity index (χ0) is 49.7. The molecule has 1 N–H and O–H groups in total. The summed E-state index contributed by atoms with van der Waals surface area (Å²) in [5.74, 6) is -0.0661. The highest BCUT2D eigenvalue weighted by Crippen LogP contribution is 2.37. The van der Waals surface area contributed by atoms with Gasteiger partial charge in [-0.3, -0.25) is 28.1 Å². The van der Waals surface area contributed by atoms with E-state index in [4.69, 9.17) is 9.47 Å². The summed E-state index contributed by atoms with van der Waals surface area (Å²) in [4.78, 5) is 43.9. The molecule has 69 heavy (non-hydrogen) atoms. The lowest BCUT2D eigenvalue weighted by Crippen LogP contribution is -2.31. The molecule has 0 unspecified atom stereocenters. The van der Waals surface area contributed by atoms with Gasteiger partial charge in [0, 0.05) is 61.3 Å². The summed E-state index contributed by atoms with van der Waals surface area (Å²) in [6, 6.07) is 11.4. The number of carbonyl (C=O) groups is 2. The van der Waals surface area contributed by atoms with E-state index in [1.54, 1.807) is 24.5 Å². The lowest BCUT2D eigenvalue weighted by molar-refractivity contribution is -0.129. The quantitative estimate of drug-likeness (QED) is 0.117. The zero-order valence-electron chi connectivity index (χ0n) is 40.4. The van der Waals surface area contributed by atoms with Crippen LogP contribution >= 0.6 is 0 Å². The molecule has 2 aliphatic rings. The van der Waals surface area contributed by atoms with Gasteiger partial charge in [-0.2, -0.15) is 27.8 Å². The van der Waals surface area contributed by atoms with Gasteiger partial charge in [0.1, 0.15) is 35.9 Å². The molecule has 8 heterocycles. The molecule has 0 bridgehead atoms. The first-order valence-corrected chi connectivity index (χ1v) is 22.9. The monoisotopic (exact) mass is 954 g/mol. The highest BCUT2D eigenvalue weighted by Gasteiger charge is 2.38. The molecule has 2 fully saturated rings. The fourth-order valence-electron chi connectivity index (χ4n) is 8.43. The number of nitrogens with one attached hydrogen (secondary N) is 1. The van der Waals surface area contributed by atoms with E-state index in [1.807, 2.05) is 120 Å². The second kappa shape index (κ2) is 18.9. The maximum absolute atomic E-state index is 13.9. The van der Waals surface area contributed by atoms with Crippen molar-refractivity contribution in [1.29, 1.82) is 0 Å². The van der Waals surface area contributed by atoms with E-state index in [0.717, 1.165) is 44.0 Å². The summed E-state index contributed by atoms with van der Waals surface area (Å²) in [6.45, 7) is 15.3. The van der Waals surface area contributed by atoms with Gasteiger partial charge >= 0.3 is 13.1 Å². The number of nitrogens with zero attached hydrogens (tertiary/aromatic N) is 11. The van der Waals surface area contributed by atoms with Gasteiger partial charge in [0.25, 0.3) is 0 Å². The van der Waals surface area contributed by atoms with E-state index in [2.05, 4.69) is 35.5 Å². The van der Waals surface area contributed by atoms with E-state index in [1.165, 1.54) is 0 Å². The van der Waals surface area contributed by atoms with Crippen LogP contribution in [-0.4, -0.2) is 90.6 Å². The van der Waals surface area contributed by atoms with Crippen molar-refractivity contribution in [2.75, 3.05) is 13.1 Å². The van der Waals surface area contributed by atoms with Crippen LogP contribution in [0.2, 0.25) is 0 Å². The number of alkyl halides is 4. The van der Waals surface area contributed by atoms with Gasteiger partial charge in [0.15, 0.2) is 0 Å². The third-order valence-electron chi connectivity index (χ3n) is 12.7. The summed E-state index contributed by atoms with van der Waals surface area (Å²) < 4.78 is 72.2. The van der Waals surface area contributed by atoms with Gasteiger partial charge in [-0.05, 0) is 86.9 Å². The largest absolute Gasteiger partial charge is 0.473 e. The Labute approximate surface area is 397 Å². The molecule has 0 radical (unpaired) electrons. The van der Waals surface area contributed by atoms with Crippen LogP contribution in [0.25, 0.3) is 44.6 Å². The Hall–Kier alpha value is -6.86.